The Hall–Kier alpha value is -11.3. The monoisotopic (exact) mass is 1090 g/mol. The van der Waals surface area contributed by atoms with E-state index in [0.29, 0.717) is 0 Å². The molecule has 0 radical (unpaired) electrons. The highest BCUT2D eigenvalue weighted by atomic mass is 15.1. The van der Waals surface area contributed by atoms with Crippen molar-refractivity contribution < 1.29 is 0 Å². The number of benzene rings is 16. The molecule has 0 aliphatic carbocycles. The summed E-state index contributed by atoms with van der Waals surface area (Å²) in [6.07, 6.45) is 0. The van der Waals surface area contributed by atoms with Gasteiger partial charge in [0.15, 0.2) is 0 Å². The summed E-state index contributed by atoms with van der Waals surface area (Å²) < 4.78 is 2.43. The standard InChI is InChI=1S/C84H54N2/c1-3-23-67-55(17-1)39-41-58-43-45-62(53-80(58)67)71-30-15-32-74-69(28-13-34-76(71)74)60-19-11-21-65(51-60)85(64-49-47-57(48-50-64)73-25-5-8-36-82(73)86-83-37-9-6-26-78(83)79-27-7-10-38-84(79)86)66-22-12-20-61(52-66)70-29-14-35-77-72(31-16-33-75(70)77)63-46-44-59-42-40-56-18-2-4-24-68(56)81(59)54-63/h1-54H. The van der Waals surface area contributed by atoms with Crippen LogP contribution in [0.15, 0.2) is 328 Å². The van der Waals surface area contributed by atoms with Gasteiger partial charge in [-0.15, -0.1) is 0 Å². The van der Waals surface area contributed by atoms with E-state index in [1.54, 1.807) is 0 Å². The lowest BCUT2D eigenvalue weighted by Gasteiger charge is -2.27. The van der Waals surface area contributed by atoms with E-state index < -0.39 is 0 Å². The van der Waals surface area contributed by atoms with E-state index in [4.69, 9.17) is 0 Å². The number of aromatic nitrogens is 1. The van der Waals surface area contributed by atoms with Gasteiger partial charge in [-0.1, -0.05) is 261 Å². The number of anilines is 3. The van der Waals surface area contributed by atoms with Gasteiger partial charge in [0.25, 0.3) is 0 Å². The predicted octanol–water partition coefficient (Wildman–Crippen LogP) is 23.5. The molecular formula is C84H54N2. The average Bonchev–Trinajstić information content (AvgIpc) is 3.20. The van der Waals surface area contributed by atoms with E-state index in [1.165, 1.54) is 125 Å². The van der Waals surface area contributed by atoms with Gasteiger partial charge < -0.3 is 9.47 Å². The second kappa shape index (κ2) is 20.2. The second-order valence-electron chi connectivity index (χ2n) is 22.7. The molecule has 0 aliphatic heterocycles. The molecule has 400 valence electrons. The first kappa shape index (κ1) is 49.3. The number of hydrogen-bond acceptors (Lipinski definition) is 1. The van der Waals surface area contributed by atoms with Gasteiger partial charge in [-0.25, -0.2) is 0 Å². The maximum absolute atomic E-state index is 2.43. The van der Waals surface area contributed by atoms with Crippen molar-refractivity contribution in [1.82, 2.24) is 4.57 Å². The highest BCUT2D eigenvalue weighted by Crippen LogP contribution is 2.45. The van der Waals surface area contributed by atoms with Crippen molar-refractivity contribution >= 4 is 104 Å². The molecule has 86 heavy (non-hydrogen) atoms. The van der Waals surface area contributed by atoms with Crippen LogP contribution in [0.25, 0.3) is 148 Å². The average molecular weight is 1090 g/mol. The summed E-state index contributed by atoms with van der Waals surface area (Å²) in [7, 11) is 0. The van der Waals surface area contributed by atoms with E-state index in [0.717, 1.165) is 39.4 Å². The number of rotatable bonds is 9. The van der Waals surface area contributed by atoms with Crippen molar-refractivity contribution in [2.75, 3.05) is 4.90 Å². The largest absolute Gasteiger partial charge is 0.310 e. The third-order valence-electron chi connectivity index (χ3n) is 18.0. The van der Waals surface area contributed by atoms with Crippen LogP contribution in [0.3, 0.4) is 0 Å². The van der Waals surface area contributed by atoms with Gasteiger partial charge in [-0.3, -0.25) is 0 Å². The van der Waals surface area contributed by atoms with E-state index >= 15 is 0 Å². The summed E-state index contributed by atoms with van der Waals surface area (Å²) in [6.45, 7) is 0. The summed E-state index contributed by atoms with van der Waals surface area (Å²) in [5.74, 6) is 0. The third-order valence-corrected chi connectivity index (χ3v) is 18.0. The number of fused-ring (bicyclic) bond motifs is 11. The molecule has 2 nitrogen and oxygen atoms in total. The molecule has 0 spiro atoms. The van der Waals surface area contributed by atoms with Crippen LogP contribution in [0.4, 0.5) is 17.1 Å². The first-order valence-corrected chi connectivity index (χ1v) is 29.7. The fourth-order valence-electron chi connectivity index (χ4n) is 13.9. The van der Waals surface area contributed by atoms with Gasteiger partial charge >= 0.3 is 0 Å². The minimum absolute atomic E-state index is 1.06. The van der Waals surface area contributed by atoms with Crippen LogP contribution in [0.5, 0.6) is 0 Å². The van der Waals surface area contributed by atoms with Crippen molar-refractivity contribution in [2.24, 2.45) is 0 Å². The fraction of sp³-hybridized carbons (Fsp3) is 0. The molecule has 17 rings (SSSR count). The Labute approximate surface area is 499 Å². The van der Waals surface area contributed by atoms with Crippen LogP contribution in [0.2, 0.25) is 0 Å². The summed E-state index contributed by atoms with van der Waals surface area (Å²) in [4.78, 5) is 2.43. The lowest BCUT2D eigenvalue weighted by molar-refractivity contribution is 1.18. The molecule has 16 aromatic carbocycles. The minimum Gasteiger partial charge on any atom is -0.310 e. The van der Waals surface area contributed by atoms with Gasteiger partial charge in [0, 0.05) is 33.4 Å². The van der Waals surface area contributed by atoms with Crippen molar-refractivity contribution in [3.63, 3.8) is 0 Å². The van der Waals surface area contributed by atoms with E-state index in [9.17, 15) is 0 Å². The van der Waals surface area contributed by atoms with Crippen LogP contribution < -0.4 is 4.90 Å². The predicted molar refractivity (Wildman–Crippen MR) is 368 cm³/mol. The quantitative estimate of drug-likeness (QED) is 0.131. The number of hydrogen-bond donors (Lipinski definition) is 0. The molecule has 17 aromatic rings. The molecule has 1 aromatic heterocycles. The maximum atomic E-state index is 2.43. The van der Waals surface area contributed by atoms with E-state index in [-0.39, 0.29) is 0 Å². The summed E-state index contributed by atoms with van der Waals surface area (Å²) in [5.41, 5.74) is 18.6. The topological polar surface area (TPSA) is 8.17 Å². The van der Waals surface area contributed by atoms with Gasteiger partial charge in [0.05, 0.1) is 16.7 Å². The Morgan fingerprint density at radius 1 is 0.186 bits per heavy atom. The molecule has 1 heterocycles. The lowest BCUT2D eigenvalue weighted by Crippen LogP contribution is -2.10. The summed E-state index contributed by atoms with van der Waals surface area (Å²) in [6, 6.07) is 121. The molecule has 0 saturated carbocycles. The Bertz CT molecular complexity index is 5250. The first-order chi connectivity index (χ1) is 42.6. The highest BCUT2D eigenvalue weighted by Gasteiger charge is 2.20. The Kier molecular flexibility index (Phi) is 11.6. The molecule has 0 unspecified atom stereocenters. The van der Waals surface area contributed by atoms with E-state index in [2.05, 4.69) is 337 Å². The van der Waals surface area contributed by atoms with Crippen LogP contribution in [-0.4, -0.2) is 4.57 Å². The second-order valence-corrected chi connectivity index (χ2v) is 22.7. The SMILES string of the molecule is c1cc(-c2cccc3c(-c4ccc5ccc6ccccc6c5c4)cccc23)cc(N(c2ccc(-c3ccccc3-n3c4ccccc4c4ccccc43)cc2)c2cccc(-c3cccc4c(-c5ccc6ccc7ccccc7c6c5)cccc34)c2)c1. The van der Waals surface area contributed by atoms with Crippen LogP contribution in [0, 0.1) is 0 Å². The fourth-order valence-corrected chi connectivity index (χ4v) is 13.9. The molecule has 2 heteroatoms. The van der Waals surface area contributed by atoms with Crippen molar-refractivity contribution in [2.45, 2.75) is 0 Å². The van der Waals surface area contributed by atoms with Gasteiger partial charge in [-0.05, 0) is 181 Å². The van der Waals surface area contributed by atoms with Gasteiger partial charge in [0.1, 0.15) is 0 Å². The van der Waals surface area contributed by atoms with Crippen molar-refractivity contribution in [3.05, 3.63) is 328 Å². The van der Waals surface area contributed by atoms with Crippen LogP contribution in [-0.2, 0) is 0 Å². The number of para-hydroxylation sites is 3. The molecule has 0 aliphatic rings. The molecule has 0 amide bonds. The Morgan fingerprint density at radius 3 is 1.00 bits per heavy atom. The first-order valence-electron chi connectivity index (χ1n) is 29.7. The lowest BCUT2D eigenvalue weighted by atomic mass is 9.91. The number of nitrogens with zero attached hydrogens (tertiary/aromatic N) is 2. The van der Waals surface area contributed by atoms with Crippen LogP contribution in [0.1, 0.15) is 0 Å². The zero-order valence-electron chi connectivity index (χ0n) is 47.1. The third kappa shape index (κ3) is 8.18. The van der Waals surface area contributed by atoms with E-state index in [1.807, 2.05) is 0 Å². The minimum atomic E-state index is 1.06. The maximum Gasteiger partial charge on any atom is 0.0541 e. The molecule has 0 bridgehead atoms. The van der Waals surface area contributed by atoms with Crippen LogP contribution >= 0.6 is 0 Å². The zero-order chi connectivity index (χ0) is 56.7. The van der Waals surface area contributed by atoms with Gasteiger partial charge in [-0.2, -0.15) is 0 Å². The smallest absolute Gasteiger partial charge is 0.0541 e. The Morgan fingerprint density at radius 2 is 0.523 bits per heavy atom. The molecule has 0 atom stereocenters. The molecule has 0 saturated heterocycles. The highest BCUT2D eigenvalue weighted by molar-refractivity contribution is 6.14. The molecular weight excluding hydrogens is 1040 g/mol. The van der Waals surface area contributed by atoms with Crippen molar-refractivity contribution in [3.8, 4) is 61.3 Å². The summed E-state index contributed by atoms with van der Waals surface area (Å²) in [5, 5.41) is 17.5. The molecule has 0 fully saturated rings. The van der Waals surface area contributed by atoms with Crippen molar-refractivity contribution in [1.29, 1.82) is 0 Å². The summed E-state index contributed by atoms with van der Waals surface area (Å²) >= 11 is 0. The van der Waals surface area contributed by atoms with Gasteiger partial charge in [0.2, 0.25) is 0 Å². The molecule has 0 N–H and O–H groups in total. The normalized spacial score (nSPS) is 11.7. The zero-order valence-corrected chi connectivity index (χ0v) is 47.1. The Balaban J connectivity index is 0.800.